The molecule has 1 fully saturated rings. The van der Waals surface area contributed by atoms with Crippen LogP contribution in [0.5, 0.6) is 0 Å². The molecule has 1 aliphatic rings. The second-order valence-electron chi connectivity index (χ2n) is 6.93. The fraction of sp³-hybridized carbons (Fsp3) is 0.316. The lowest BCUT2D eigenvalue weighted by Crippen LogP contribution is -2.25. The number of hydrogen-bond donors (Lipinski definition) is 2. The number of H-pyrrole nitrogens is 2. The minimum absolute atomic E-state index is 0.194. The number of aromatic amines is 2. The number of nitrogens with one attached hydrogen (secondary N) is 2. The zero-order chi connectivity index (χ0) is 18.4. The van der Waals surface area contributed by atoms with Gasteiger partial charge in [-0.2, -0.15) is 4.39 Å². The molecule has 8 heteroatoms. The monoisotopic (exact) mass is 367 g/mol. The molecule has 1 saturated heterocycles. The van der Waals surface area contributed by atoms with E-state index in [0.29, 0.717) is 40.4 Å². The van der Waals surface area contributed by atoms with Crippen molar-refractivity contribution in [1.29, 1.82) is 0 Å². The fourth-order valence-corrected chi connectivity index (χ4v) is 3.71. The van der Waals surface area contributed by atoms with Gasteiger partial charge in [0, 0.05) is 48.7 Å². The number of hydrogen-bond acceptors (Lipinski definition) is 4. The molecule has 5 heterocycles. The minimum Gasteiger partial charge on any atom is -0.381 e. The fourth-order valence-electron chi connectivity index (χ4n) is 3.71. The summed E-state index contributed by atoms with van der Waals surface area (Å²) >= 11 is 0. The SMILES string of the molecule is O=c1[nH]c2ncc(-c3cc4cc[nH]c4nc3F)cc2n1CC1CCOCC1. The van der Waals surface area contributed by atoms with Crippen LogP contribution in [0.25, 0.3) is 33.3 Å². The first-order valence-corrected chi connectivity index (χ1v) is 8.99. The van der Waals surface area contributed by atoms with Crippen LogP contribution < -0.4 is 5.69 Å². The van der Waals surface area contributed by atoms with Crippen LogP contribution in [0.3, 0.4) is 0 Å². The van der Waals surface area contributed by atoms with E-state index in [1.165, 1.54) is 0 Å². The molecule has 1 aliphatic heterocycles. The van der Waals surface area contributed by atoms with Gasteiger partial charge in [-0.3, -0.25) is 9.55 Å². The first-order valence-electron chi connectivity index (χ1n) is 8.99. The molecule has 7 nitrogen and oxygen atoms in total. The van der Waals surface area contributed by atoms with E-state index in [1.807, 2.05) is 6.07 Å². The summed E-state index contributed by atoms with van der Waals surface area (Å²) in [5, 5.41) is 0.820. The number of halogens is 1. The van der Waals surface area contributed by atoms with Gasteiger partial charge in [0.1, 0.15) is 5.65 Å². The van der Waals surface area contributed by atoms with Crippen molar-refractivity contribution in [3.8, 4) is 11.1 Å². The summed E-state index contributed by atoms with van der Waals surface area (Å²) in [6.07, 6.45) is 5.14. The number of fused-ring (bicyclic) bond motifs is 2. The number of imidazole rings is 1. The topological polar surface area (TPSA) is 88.6 Å². The predicted octanol–water partition coefficient (Wildman–Crippen LogP) is 2.83. The van der Waals surface area contributed by atoms with Crippen molar-refractivity contribution in [3.05, 3.63) is 47.0 Å². The van der Waals surface area contributed by atoms with Crippen LogP contribution >= 0.6 is 0 Å². The van der Waals surface area contributed by atoms with Gasteiger partial charge in [-0.25, -0.2) is 14.8 Å². The molecular formula is C19H18FN5O2. The van der Waals surface area contributed by atoms with Crippen LogP contribution in [0, 0.1) is 11.9 Å². The van der Waals surface area contributed by atoms with Gasteiger partial charge in [-0.05, 0) is 37.0 Å². The molecule has 0 bridgehead atoms. The molecule has 0 atom stereocenters. The maximum absolute atomic E-state index is 14.5. The molecule has 0 amide bonds. The van der Waals surface area contributed by atoms with Gasteiger partial charge in [0.2, 0.25) is 5.95 Å². The summed E-state index contributed by atoms with van der Waals surface area (Å²) in [7, 11) is 0. The number of ether oxygens (including phenoxy) is 1. The van der Waals surface area contributed by atoms with Crippen molar-refractivity contribution in [1.82, 2.24) is 24.5 Å². The highest BCUT2D eigenvalue weighted by Crippen LogP contribution is 2.27. The van der Waals surface area contributed by atoms with E-state index >= 15 is 0 Å². The van der Waals surface area contributed by atoms with Gasteiger partial charge in [-0.1, -0.05) is 0 Å². The van der Waals surface area contributed by atoms with Gasteiger partial charge in [0.15, 0.2) is 5.65 Å². The van der Waals surface area contributed by atoms with Crippen molar-refractivity contribution in [2.45, 2.75) is 19.4 Å². The van der Waals surface area contributed by atoms with E-state index in [9.17, 15) is 9.18 Å². The van der Waals surface area contributed by atoms with E-state index in [0.717, 1.165) is 31.4 Å². The highest BCUT2D eigenvalue weighted by atomic mass is 19.1. The van der Waals surface area contributed by atoms with E-state index in [1.54, 1.807) is 29.1 Å². The lowest BCUT2D eigenvalue weighted by molar-refractivity contribution is 0.0613. The lowest BCUT2D eigenvalue weighted by Gasteiger charge is -2.22. The molecule has 0 radical (unpaired) electrons. The molecule has 0 aromatic carbocycles. The summed E-state index contributed by atoms with van der Waals surface area (Å²) in [5.74, 6) is -0.186. The van der Waals surface area contributed by atoms with Crippen LogP contribution in [0.1, 0.15) is 12.8 Å². The van der Waals surface area contributed by atoms with E-state index in [-0.39, 0.29) is 5.69 Å². The Morgan fingerprint density at radius 3 is 2.96 bits per heavy atom. The Hall–Kier alpha value is -3.00. The Morgan fingerprint density at radius 2 is 2.11 bits per heavy atom. The number of nitrogens with zero attached hydrogens (tertiary/aromatic N) is 3. The highest BCUT2D eigenvalue weighted by Gasteiger charge is 2.19. The molecule has 2 N–H and O–H groups in total. The Bertz CT molecular complexity index is 1190. The molecule has 4 aromatic heterocycles. The summed E-state index contributed by atoms with van der Waals surface area (Å²) in [6.45, 7) is 2.04. The molecule has 5 rings (SSSR count). The maximum atomic E-state index is 14.5. The largest absolute Gasteiger partial charge is 0.381 e. The molecule has 138 valence electrons. The Balaban J connectivity index is 1.60. The molecule has 0 aliphatic carbocycles. The maximum Gasteiger partial charge on any atom is 0.327 e. The van der Waals surface area contributed by atoms with Crippen LogP contribution in [-0.2, 0) is 11.3 Å². The quantitative estimate of drug-likeness (QED) is 0.545. The highest BCUT2D eigenvalue weighted by molar-refractivity contribution is 5.84. The average Bonchev–Trinajstić information content (AvgIpc) is 3.25. The summed E-state index contributed by atoms with van der Waals surface area (Å²) in [5.41, 5.74) is 2.45. The van der Waals surface area contributed by atoms with E-state index < -0.39 is 5.95 Å². The summed E-state index contributed by atoms with van der Waals surface area (Å²) in [4.78, 5) is 26.4. The van der Waals surface area contributed by atoms with Crippen molar-refractivity contribution >= 4 is 22.2 Å². The van der Waals surface area contributed by atoms with Crippen molar-refractivity contribution in [3.63, 3.8) is 0 Å². The third-order valence-corrected chi connectivity index (χ3v) is 5.21. The Morgan fingerprint density at radius 1 is 1.26 bits per heavy atom. The van der Waals surface area contributed by atoms with Gasteiger partial charge in [-0.15, -0.1) is 0 Å². The van der Waals surface area contributed by atoms with Crippen LogP contribution in [0.2, 0.25) is 0 Å². The third kappa shape index (κ3) is 2.82. The molecule has 0 spiro atoms. The van der Waals surface area contributed by atoms with Gasteiger partial charge >= 0.3 is 5.69 Å². The van der Waals surface area contributed by atoms with Crippen molar-refractivity contribution in [2.24, 2.45) is 5.92 Å². The summed E-state index contributed by atoms with van der Waals surface area (Å²) in [6, 6.07) is 5.39. The number of aromatic nitrogens is 5. The Kier molecular flexibility index (Phi) is 3.78. The van der Waals surface area contributed by atoms with Crippen LogP contribution in [-0.4, -0.2) is 37.7 Å². The number of rotatable bonds is 3. The normalized spacial score (nSPS) is 15.7. The van der Waals surface area contributed by atoms with Crippen molar-refractivity contribution in [2.75, 3.05) is 13.2 Å². The molecular weight excluding hydrogens is 349 g/mol. The van der Waals surface area contributed by atoms with E-state index in [2.05, 4.69) is 19.9 Å². The predicted molar refractivity (Wildman–Crippen MR) is 98.9 cm³/mol. The average molecular weight is 367 g/mol. The van der Waals surface area contributed by atoms with Crippen LogP contribution in [0.15, 0.2) is 35.4 Å². The molecule has 0 unspecified atom stereocenters. The van der Waals surface area contributed by atoms with E-state index in [4.69, 9.17) is 4.74 Å². The standard InChI is InChI=1S/C19H18FN5O2/c20-16-14(7-12-1-4-21-17(12)23-16)13-8-15-18(22-9-13)24-19(26)25(15)10-11-2-5-27-6-3-11/h1,4,7-9,11H,2-3,5-6,10H2,(H,21,23)(H,22,24,26). The zero-order valence-electron chi connectivity index (χ0n) is 14.5. The molecule has 4 aromatic rings. The Labute approximate surface area is 153 Å². The van der Waals surface area contributed by atoms with Gasteiger partial charge in [0.05, 0.1) is 5.52 Å². The second-order valence-corrected chi connectivity index (χ2v) is 6.93. The summed E-state index contributed by atoms with van der Waals surface area (Å²) < 4.78 is 21.6. The molecule has 27 heavy (non-hydrogen) atoms. The third-order valence-electron chi connectivity index (χ3n) is 5.21. The van der Waals surface area contributed by atoms with Crippen LogP contribution in [0.4, 0.5) is 4.39 Å². The molecule has 0 saturated carbocycles. The second kappa shape index (κ2) is 6.31. The van der Waals surface area contributed by atoms with Crippen molar-refractivity contribution < 1.29 is 9.13 Å². The first kappa shape index (κ1) is 16.2. The van der Waals surface area contributed by atoms with Gasteiger partial charge < -0.3 is 9.72 Å². The number of pyridine rings is 2. The van der Waals surface area contributed by atoms with Gasteiger partial charge in [0.25, 0.3) is 0 Å². The first-order chi connectivity index (χ1) is 13.2. The smallest absolute Gasteiger partial charge is 0.327 e. The lowest BCUT2D eigenvalue weighted by atomic mass is 10.0. The zero-order valence-corrected chi connectivity index (χ0v) is 14.5. The minimum atomic E-state index is -0.569.